The predicted octanol–water partition coefficient (Wildman–Crippen LogP) is 5.71. The third-order valence-corrected chi connectivity index (χ3v) is 7.07. The average Bonchev–Trinajstić information content (AvgIpc) is 2.84. The minimum atomic E-state index is -4.54. The van der Waals surface area contributed by atoms with Gasteiger partial charge in [0.15, 0.2) is 0 Å². The lowest BCUT2D eigenvalue weighted by atomic mass is 9.90. The summed E-state index contributed by atoms with van der Waals surface area (Å²) in [5, 5.41) is 10.7. The Morgan fingerprint density at radius 3 is 2.54 bits per heavy atom. The van der Waals surface area contributed by atoms with Gasteiger partial charge < -0.3 is 16.0 Å². The van der Waals surface area contributed by atoms with Crippen LogP contribution in [0.3, 0.4) is 0 Å². The van der Waals surface area contributed by atoms with Crippen LogP contribution < -0.4 is 16.0 Å². The first-order valence-electron chi connectivity index (χ1n) is 11.8. The lowest BCUT2D eigenvalue weighted by Crippen LogP contribution is -2.40. The Labute approximate surface area is 206 Å². The number of halogens is 4. The van der Waals surface area contributed by atoms with Gasteiger partial charge in [-0.05, 0) is 86.2 Å². The normalized spacial score (nSPS) is 20.3. The Kier molecular flexibility index (Phi) is 6.59. The summed E-state index contributed by atoms with van der Waals surface area (Å²) in [6, 6.07) is 11.6. The number of nitrogens with one attached hydrogen (secondary N) is 3. The quantitative estimate of drug-likeness (QED) is 0.428. The van der Waals surface area contributed by atoms with Gasteiger partial charge in [-0.2, -0.15) is 13.2 Å². The van der Waals surface area contributed by atoms with Crippen molar-refractivity contribution >= 4 is 34.1 Å². The van der Waals surface area contributed by atoms with Crippen molar-refractivity contribution in [3.8, 4) is 0 Å². The van der Waals surface area contributed by atoms with E-state index in [9.17, 15) is 18.0 Å². The van der Waals surface area contributed by atoms with Gasteiger partial charge in [-0.15, -0.1) is 0 Å². The highest BCUT2D eigenvalue weighted by atomic mass is 35.5. The number of rotatable bonds is 4. The number of nitrogens with zero attached hydrogens (tertiary/aromatic N) is 1. The molecule has 5 nitrogen and oxygen atoms in total. The highest BCUT2D eigenvalue weighted by Gasteiger charge is 2.34. The lowest BCUT2D eigenvalue weighted by Gasteiger charge is -2.31. The van der Waals surface area contributed by atoms with Crippen LogP contribution in [-0.2, 0) is 19.1 Å². The summed E-state index contributed by atoms with van der Waals surface area (Å²) in [6.45, 7) is 1.73. The minimum Gasteiger partial charge on any atom is -0.382 e. The maximum Gasteiger partial charge on any atom is 0.433 e. The fraction of sp³-hybridized carbons (Fsp3) is 0.385. The van der Waals surface area contributed by atoms with Crippen LogP contribution in [0.4, 0.5) is 18.9 Å². The Morgan fingerprint density at radius 2 is 1.77 bits per heavy atom. The Morgan fingerprint density at radius 1 is 1.00 bits per heavy atom. The van der Waals surface area contributed by atoms with Crippen molar-refractivity contribution in [1.82, 2.24) is 15.6 Å². The first-order chi connectivity index (χ1) is 16.8. The Balaban J connectivity index is 1.24. The Bertz CT molecular complexity index is 1260. The van der Waals surface area contributed by atoms with Crippen LogP contribution in [0.15, 0.2) is 42.5 Å². The van der Waals surface area contributed by atoms with Crippen molar-refractivity contribution < 1.29 is 18.0 Å². The molecule has 0 atom stereocenters. The minimum absolute atomic E-state index is 0.0105. The molecule has 5 rings (SSSR count). The zero-order valence-corrected chi connectivity index (χ0v) is 19.8. The van der Waals surface area contributed by atoms with Gasteiger partial charge in [-0.1, -0.05) is 17.7 Å². The topological polar surface area (TPSA) is 66.0 Å². The molecule has 0 unspecified atom stereocenters. The van der Waals surface area contributed by atoms with Crippen LogP contribution >= 0.6 is 11.6 Å². The maximum atomic E-state index is 13.4. The molecular formula is C26H26ClF3N4O. The van der Waals surface area contributed by atoms with Crippen molar-refractivity contribution in [3.63, 3.8) is 0 Å². The van der Waals surface area contributed by atoms with E-state index in [1.165, 1.54) is 23.3 Å². The highest BCUT2D eigenvalue weighted by molar-refractivity contribution is 6.31. The van der Waals surface area contributed by atoms with Gasteiger partial charge in [0, 0.05) is 40.3 Å². The first-order valence-corrected chi connectivity index (χ1v) is 12.2. The van der Waals surface area contributed by atoms with E-state index in [2.05, 4.69) is 20.9 Å². The SMILES string of the molecule is O=C(N[C@H]1CC[C@@H](Nc2cc(C(F)(F)F)nc3ccc(Cl)cc23)CC1)c1ccc2c(c1)CNCC2. The lowest BCUT2D eigenvalue weighted by molar-refractivity contribution is -0.140. The molecule has 1 saturated carbocycles. The van der Waals surface area contributed by atoms with E-state index in [-0.39, 0.29) is 23.5 Å². The molecule has 3 aromatic rings. The molecule has 2 aliphatic rings. The van der Waals surface area contributed by atoms with E-state index in [1.807, 2.05) is 18.2 Å². The number of pyridine rings is 1. The summed E-state index contributed by atoms with van der Waals surface area (Å²) >= 11 is 6.10. The van der Waals surface area contributed by atoms with Crippen molar-refractivity contribution in [2.24, 2.45) is 0 Å². The Hall–Kier alpha value is -2.84. The number of alkyl halides is 3. The molecule has 9 heteroatoms. The van der Waals surface area contributed by atoms with E-state index in [0.717, 1.165) is 51.3 Å². The van der Waals surface area contributed by atoms with E-state index >= 15 is 0 Å². The molecule has 1 aliphatic carbocycles. The number of benzene rings is 2. The van der Waals surface area contributed by atoms with Gasteiger partial charge in [0.2, 0.25) is 0 Å². The fourth-order valence-corrected chi connectivity index (χ4v) is 5.13. The third kappa shape index (κ3) is 5.38. The monoisotopic (exact) mass is 502 g/mol. The zero-order valence-electron chi connectivity index (χ0n) is 19.0. The largest absolute Gasteiger partial charge is 0.433 e. The molecule has 0 saturated heterocycles. The summed E-state index contributed by atoms with van der Waals surface area (Å²) in [6.07, 6.45) is -0.635. The summed E-state index contributed by atoms with van der Waals surface area (Å²) in [4.78, 5) is 16.6. The van der Waals surface area contributed by atoms with Crippen LogP contribution in [-0.4, -0.2) is 29.5 Å². The number of hydrogen-bond donors (Lipinski definition) is 3. The predicted molar refractivity (Wildman–Crippen MR) is 131 cm³/mol. The molecule has 184 valence electrons. The second-order valence-corrected chi connectivity index (χ2v) is 9.73. The second kappa shape index (κ2) is 9.66. The van der Waals surface area contributed by atoms with Gasteiger partial charge in [0.1, 0.15) is 5.69 Å². The van der Waals surface area contributed by atoms with Gasteiger partial charge in [-0.25, -0.2) is 4.98 Å². The molecule has 1 fully saturated rings. The molecule has 1 aliphatic heterocycles. The number of carbonyl (C=O) groups is 1. The number of hydrogen-bond acceptors (Lipinski definition) is 4. The summed E-state index contributed by atoms with van der Waals surface area (Å²) in [5.41, 5.74) is 2.79. The van der Waals surface area contributed by atoms with Crippen molar-refractivity contribution in [2.75, 3.05) is 11.9 Å². The van der Waals surface area contributed by atoms with E-state index in [4.69, 9.17) is 11.6 Å². The van der Waals surface area contributed by atoms with Gasteiger partial charge in [0.25, 0.3) is 5.91 Å². The summed E-state index contributed by atoms with van der Waals surface area (Å²) in [5.74, 6) is -0.0839. The summed E-state index contributed by atoms with van der Waals surface area (Å²) < 4.78 is 40.2. The van der Waals surface area contributed by atoms with Crippen LogP contribution in [0.1, 0.15) is 52.9 Å². The highest BCUT2D eigenvalue weighted by Crippen LogP contribution is 2.35. The van der Waals surface area contributed by atoms with Gasteiger partial charge in [0.05, 0.1) is 5.52 Å². The standard InChI is InChI=1S/C26H26ClF3N4O/c27-18-3-8-22-21(12-18)23(13-24(34-22)26(28,29)30)32-19-4-6-20(7-5-19)33-25(35)16-2-1-15-9-10-31-14-17(15)11-16/h1-3,8,11-13,19-20,31H,4-7,9-10,14H2,(H,32,34)(H,33,35)/t19-,20+. The molecule has 0 radical (unpaired) electrons. The number of anilines is 1. The molecule has 3 N–H and O–H groups in total. The van der Waals surface area contributed by atoms with Gasteiger partial charge >= 0.3 is 6.18 Å². The van der Waals surface area contributed by atoms with Crippen molar-refractivity contribution in [2.45, 2.75) is 56.9 Å². The van der Waals surface area contributed by atoms with Crippen LogP contribution in [0, 0.1) is 0 Å². The van der Waals surface area contributed by atoms with E-state index in [1.54, 1.807) is 6.07 Å². The van der Waals surface area contributed by atoms with Gasteiger partial charge in [-0.3, -0.25) is 4.79 Å². The molecule has 0 bridgehead atoms. The third-order valence-electron chi connectivity index (χ3n) is 6.84. The van der Waals surface area contributed by atoms with E-state index in [0.29, 0.717) is 21.7 Å². The maximum absolute atomic E-state index is 13.4. The molecule has 2 aromatic carbocycles. The number of fused-ring (bicyclic) bond motifs is 2. The van der Waals surface area contributed by atoms with Crippen molar-refractivity contribution in [3.05, 3.63) is 69.9 Å². The molecule has 2 heterocycles. The second-order valence-electron chi connectivity index (χ2n) is 9.29. The fourth-order valence-electron chi connectivity index (χ4n) is 4.96. The smallest absolute Gasteiger partial charge is 0.382 e. The number of carbonyl (C=O) groups excluding carboxylic acids is 1. The molecule has 1 amide bonds. The van der Waals surface area contributed by atoms with Crippen LogP contribution in [0.25, 0.3) is 10.9 Å². The molecule has 0 spiro atoms. The first kappa shape index (κ1) is 23.9. The average molecular weight is 503 g/mol. The van der Waals surface area contributed by atoms with Crippen LogP contribution in [0.2, 0.25) is 5.02 Å². The molecule has 1 aromatic heterocycles. The van der Waals surface area contributed by atoms with Crippen molar-refractivity contribution in [1.29, 1.82) is 0 Å². The molecular weight excluding hydrogens is 477 g/mol. The molecule has 35 heavy (non-hydrogen) atoms. The van der Waals surface area contributed by atoms with E-state index < -0.39 is 11.9 Å². The zero-order chi connectivity index (χ0) is 24.6. The summed E-state index contributed by atoms with van der Waals surface area (Å²) in [7, 11) is 0. The number of aromatic nitrogens is 1. The number of amides is 1. The van der Waals surface area contributed by atoms with Crippen LogP contribution in [0.5, 0.6) is 0 Å².